The first kappa shape index (κ1) is 12.0. The summed E-state index contributed by atoms with van der Waals surface area (Å²) in [5.41, 5.74) is 0. The van der Waals surface area contributed by atoms with E-state index in [2.05, 4.69) is 24.2 Å². The van der Waals surface area contributed by atoms with Gasteiger partial charge in [-0.3, -0.25) is 0 Å². The summed E-state index contributed by atoms with van der Waals surface area (Å²) >= 11 is 0. The topological polar surface area (TPSA) is 35.5 Å². The lowest BCUT2D eigenvalue weighted by atomic mass is 10.2. The van der Waals surface area contributed by atoms with Gasteiger partial charge in [0, 0.05) is 19.1 Å². The summed E-state index contributed by atoms with van der Waals surface area (Å²) in [7, 11) is 2.15. The molecule has 0 amide bonds. The van der Waals surface area contributed by atoms with E-state index in [1.807, 2.05) is 0 Å². The fourth-order valence-electron chi connectivity index (χ4n) is 1.73. The summed E-state index contributed by atoms with van der Waals surface area (Å²) in [6, 6.07) is 0.249. The Morgan fingerprint density at radius 3 is 2.71 bits per heavy atom. The van der Waals surface area contributed by atoms with Gasteiger partial charge in [0.05, 0.1) is 6.61 Å². The fourth-order valence-corrected chi connectivity index (χ4v) is 1.73. The minimum absolute atomic E-state index is 0.245. The van der Waals surface area contributed by atoms with Gasteiger partial charge in [0.25, 0.3) is 0 Å². The van der Waals surface area contributed by atoms with Crippen molar-refractivity contribution in [3.8, 4) is 0 Å². The Bertz CT molecular complexity index is 148. The second-order valence-corrected chi connectivity index (χ2v) is 4.50. The van der Waals surface area contributed by atoms with Crippen molar-refractivity contribution in [2.24, 2.45) is 5.92 Å². The quantitative estimate of drug-likeness (QED) is 0.605. The smallest absolute Gasteiger partial charge is 0.0597 e. The van der Waals surface area contributed by atoms with Crippen LogP contribution in [0.5, 0.6) is 0 Å². The minimum atomic E-state index is 0.245. The molecule has 1 rings (SSSR count). The van der Waals surface area contributed by atoms with Crippen LogP contribution < -0.4 is 5.32 Å². The van der Waals surface area contributed by atoms with Crippen LogP contribution in [0.1, 0.15) is 26.2 Å². The highest BCUT2D eigenvalue weighted by Crippen LogP contribution is 2.29. The number of hydrogen-bond acceptors (Lipinski definition) is 3. The fraction of sp³-hybridized carbons (Fsp3) is 1.00. The van der Waals surface area contributed by atoms with E-state index in [1.165, 1.54) is 19.4 Å². The van der Waals surface area contributed by atoms with Gasteiger partial charge < -0.3 is 15.3 Å². The van der Waals surface area contributed by atoms with E-state index in [1.54, 1.807) is 0 Å². The van der Waals surface area contributed by atoms with E-state index in [-0.39, 0.29) is 12.6 Å². The molecule has 0 radical (unpaired) electrons. The van der Waals surface area contributed by atoms with Crippen LogP contribution in [0.4, 0.5) is 0 Å². The van der Waals surface area contributed by atoms with Gasteiger partial charge in [-0.1, -0.05) is 6.92 Å². The normalized spacial score (nSPS) is 18.9. The Balaban J connectivity index is 2.09. The first-order valence-corrected chi connectivity index (χ1v) is 5.79. The molecule has 1 saturated carbocycles. The van der Waals surface area contributed by atoms with E-state index >= 15 is 0 Å². The van der Waals surface area contributed by atoms with Crippen LogP contribution in [0, 0.1) is 5.92 Å². The zero-order valence-corrected chi connectivity index (χ0v) is 9.50. The Labute approximate surface area is 87.5 Å². The molecule has 0 aliphatic heterocycles. The van der Waals surface area contributed by atoms with Crippen molar-refractivity contribution in [1.82, 2.24) is 10.2 Å². The number of hydrogen-bond donors (Lipinski definition) is 2. The van der Waals surface area contributed by atoms with E-state index in [0.29, 0.717) is 0 Å². The van der Waals surface area contributed by atoms with Crippen molar-refractivity contribution in [3.63, 3.8) is 0 Å². The highest BCUT2D eigenvalue weighted by atomic mass is 16.3. The molecule has 2 N–H and O–H groups in total. The molecule has 0 saturated heterocycles. The predicted octanol–water partition coefficient (Wildman–Crippen LogP) is 0.689. The monoisotopic (exact) mass is 200 g/mol. The average Bonchev–Trinajstić information content (AvgIpc) is 2.95. The van der Waals surface area contributed by atoms with Crippen LogP contribution >= 0.6 is 0 Å². The number of likely N-dealkylation sites (N-methyl/N-ethyl adjacent to an activating group) is 1. The first-order valence-electron chi connectivity index (χ1n) is 5.79. The molecule has 0 heterocycles. The molecule has 1 aliphatic rings. The number of aliphatic hydroxyl groups is 1. The van der Waals surface area contributed by atoms with Crippen LogP contribution in [0.15, 0.2) is 0 Å². The molecule has 1 fully saturated rings. The maximum absolute atomic E-state index is 9.16. The molecule has 1 unspecified atom stereocenters. The lowest BCUT2D eigenvalue weighted by Crippen LogP contribution is -2.42. The lowest BCUT2D eigenvalue weighted by Gasteiger charge is -2.23. The second-order valence-electron chi connectivity index (χ2n) is 4.50. The Morgan fingerprint density at radius 1 is 1.50 bits per heavy atom. The highest BCUT2D eigenvalue weighted by Gasteiger charge is 2.23. The molecule has 1 atom stereocenters. The Hall–Kier alpha value is -0.120. The van der Waals surface area contributed by atoms with Gasteiger partial charge in [-0.15, -0.1) is 0 Å². The summed E-state index contributed by atoms with van der Waals surface area (Å²) in [4.78, 5) is 2.33. The number of rotatable bonds is 8. The third-order valence-corrected chi connectivity index (χ3v) is 2.70. The molecular formula is C11H24N2O. The van der Waals surface area contributed by atoms with Crippen molar-refractivity contribution in [2.75, 3.05) is 33.3 Å². The van der Waals surface area contributed by atoms with Gasteiger partial charge in [-0.05, 0) is 38.8 Å². The molecule has 0 aromatic carbocycles. The van der Waals surface area contributed by atoms with E-state index in [4.69, 9.17) is 5.11 Å². The standard InChI is InChI=1S/C11H24N2O/c1-3-6-12-11(9-14)8-13(2)7-10-4-5-10/h10-12,14H,3-9H2,1-2H3. The summed E-state index contributed by atoms with van der Waals surface area (Å²) in [5.74, 6) is 0.936. The number of aliphatic hydroxyl groups excluding tert-OH is 1. The van der Waals surface area contributed by atoms with Crippen LogP contribution in [-0.2, 0) is 0 Å². The van der Waals surface area contributed by atoms with Gasteiger partial charge in [0.1, 0.15) is 0 Å². The van der Waals surface area contributed by atoms with Crippen molar-refractivity contribution >= 4 is 0 Å². The van der Waals surface area contributed by atoms with E-state index in [9.17, 15) is 0 Å². The highest BCUT2D eigenvalue weighted by molar-refractivity contribution is 4.78. The largest absolute Gasteiger partial charge is 0.395 e. The minimum Gasteiger partial charge on any atom is -0.395 e. The first-order chi connectivity index (χ1) is 6.76. The van der Waals surface area contributed by atoms with Crippen LogP contribution in [0.3, 0.4) is 0 Å². The van der Waals surface area contributed by atoms with Crippen molar-refractivity contribution < 1.29 is 5.11 Å². The number of nitrogens with zero attached hydrogens (tertiary/aromatic N) is 1. The van der Waals surface area contributed by atoms with Crippen molar-refractivity contribution in [3.05, 3.63) is 0 Å². The third-order valence-electron chi connectivity index (χ3n) is 2.70. The van der Waals surface area contributed by atoms with Gasteiger partial charge in [0.2, 0.25) is 0 Å². The average molecular weight is 200 g/mol. The molecule has 0 aromatic heterocycles. The predicted molar refractivity (Wildman–Crippen MR) is 59.4 cm³/mol. The molecule has 3 heteroatoms. The SMILES string of the molecule is CCCNC(CO)CN(C)CC1CC1. The summed E-state index contributed by atoms with van der Waals surface area (Å²) in [6.45, 7) is 5.56. The molecule has 3 nitrogen and oxygen atoms in total. The summed E-state index contributed by atoms with van der Waals surface area (Å²) < 4.78 is 0. The van der Waals surface area contributed by atoms with Crippen LogP contribution in [0.2, 0.25) is 0 Å². The molecule has 0 aromatic rings. The van der Waals surface area contributed by atoms with Crippen molar-refractivity contribution in [1.29, 1.82) is 0 Å². The molecule has 0 bridgehead atoms. The van der Waals surface area contributed by atoms with Crippen molar-refractivity contribution in [2.45, 2.75) is 32.2 Å². The van der Waals surface area contributed by atoms with Gasteiger partial charge in [-0.25, -0.2) is 0 Å². The van der Waals surface area contributed by atoms with Crippen LogP contribution in [0.25, 0.3) is 0 Å². The molecular weight excluding hydrogens is 176 g/mol. The maximum atomic E-state index is 9.16. The van der Waals surface area contributed by atoms with Crippen LogP contribution in [-0.4, -0.2) is 49.3 Å². The molecule has 14 heavy (non-hydrogen) atoms. The molecule has 84 valence electrons. The van der Waals surface area contributed by atoms with Gasteiger partial charge in [-0.2, -0.15) is 0 Å². The lowest BCUT2D eigenvalue weighted by molar-refractivity contribution is 0.196. The van der Waals surface area contributed by atoms with Gasteiger partial charge in [0.15, 0.2) is 0 Å². The summed E-state index contributed by atoms with van der Waals surface area (Å²) in [6.07, 6.45) is 3.93. The Kier molecular flexibility index (Phi) is 5.45. The second kappa shape index (κ2) is 6.38. The van der Waals surface area contributed by atoms with E-state index in [0.717, 1.165) is 25.4 Å². The van der Waals surface area contributed by atoms with E-state index < -0.39 is 0 Å². The third kappa shape index (κ3) is 4.94. The maximum Gasteiger partial charge on any atom is 0.0597 e. The zero-order valence-electron chi connectivity index (χ0n) is 9.50. The van der Waals surface area contributed by atoms with Gasteiger partial charge >= 0.3 is 0 Å². The zero-order chi connectivity index (χ0) is 10.4. The number of nitrogens with one attached hydrogen (secondary N) is 1. The Morgan fingerprint density at radius 2 is 2.21 bits per heavy atom. The summed E-state index contributed by atoms with van der Waals surface area (Å²) in [5, 5.41) is 12.5. The molecule has 0 spiro atoms. The molecule has 1 aliphatic carbocycles.